The molecule has 0 radical (unpaired) electrons. The number of benzene rings is 3. The van der Waals surface area contributed by atoms with Crippen molar-refractivity contribution in [2.24, 2.45) is 5.41 Å². The third kappa shape index (κ3) is 4.89. The lowest BCUT2D eigenvalue weighted by molar-refractivity contribution is -0.211. The predicted octanol–water partition coefficient (Wildman–Crippen LogP) is 10.2. The molecule has 190 valence electrons. The van der Waals surface area contributed by atoms with E-state index in [-0.39, 0.29) is 11.8 Å². The molecule has 0 saturated heterocycles. The van der Waals surface area contributed by atoms with Crippen LogP contribution in [-0.2, 0) is 11.8 Å². The zero-order chi connectivity index (χ0) is 26.6. The average Bonchev–Trinajstić information content (AvgIpc) is 3.27. The second-order valence-corrected chi connectivity index (χ2v) is 12.5. The molecule has 0 amide bonds. The molecule has 0 atom stereocenters. The number of hydrogen-bond donors (Lipinski definition) is 0. The molecular weight excluding hydrogens is 487 g/mol. The van der Waals surface area contributed by atoms with E-state index in [4.69, 9.17) is 4.98 Å². The third-order valence-electron chi connectivity index (χ3n) is 7.03. The maximum absolute atomic E-state index is 13.3. The van der Waals surface area contributed by atoms with Crippen molar-refractivity contribution < 1.29 is 13.2 Å². The van der Waals surface area contributed by atoms with Crippen molar-refractivity contribution in [3.8, 4) is 21.7 Å². The van der Waals surface area contributed by atoms with Crippen LogP contribution in [-0.4, -0.2) is 11.2 Å². The van der Waals surface area contributed by atoms with E-state index in [1.54, 1.807) is 11.3 Å². The fraction of sp³-hybridized carbons (Fsp3) is 0.281. The lowest BCUT2D eigenvalue weighted by Crippen LogP contribution is -2.34. The molecule has 2 heterocycles. The molecule has 0 spiro atoms. The minimum Gasteiger partial charge on any atom is -0.255 e. The molecule has 0 N–H and O–H groups in total. The summed E-state index contributed by atoms with van der Waals surface area (Å²) in [5.74, 6) is 0. The van der Waals surface area contributed by atoms with E-state index in [0.717, 1.165) is 31.8 Å². The highest BCUT2D eigenvalue weighted by Gasteiger charge is 2.46. The van der Waals surface area contributed by atoms with E-state index in [9.17, 15) is 13.2 Å². The molecule has 0 aliphatic rings. The Bertz CT molecular complexity index is 1590. The van der Waals surface area contributed by atoms with Crippen LogP contribution in [0.25, 0.3) is 42.6 Å². The standard InChI is InChI=1S/C32H30F3NS/c1-30(2,3)26-17-24(16-22-8-6-7-9-25(22)26)28-29-23(14-15-36-28)18-27(37-29)21-12-10-20(11-13-21)19-31(4,5)32(33,34)35/h6-18H,19H2,1-5H3. The molecule has 0 fully saturated rings. The quantitative estimate of drug-likeness (QED) is 0.231. The van der Waals surface area contributed by atoms with Crippen LogP contribution in [0.15, 0.2) is 79.0 Å². The van der Waals surface area contributed by atoms with Gasteiger partial charge in [0.25, 0.3) is 0 Å². The van der Waals surface area contributed by atoms with Crippen LogP contribution < -0.4 is 0 Å². The highest BCUT2D eigenvalue weighted by atomic mass is 32.1. The number of aromatic nitrogens is 1. The maximum atomic E-state index is 13.3. The van der Waals surface area contributed by atoms with Crippen LogP contribution in [0.3, 0.4) is 0 Å². The summed E-state index contributed by atoms with van der Waals surface area (Å²) in [4.78, 5) is 5.87. The highest BCUT2D eigenvalue weighted by molar-refractivity contribution is 7.22. The number of thiophene rings is 1. The summed E-state index contributed by atoms with van der Waals surface area (Å²) in [5.41, 5.74) is 3.22. The number of alkyl halides is 3. The van der Waals surface area contributed by atoms with Crippen LogP contribution in [0.1, 0.15) is 45.7 Å². The second-order valence-electron chi connectivity index (χ2n) is 11.4. The van der Waals surface area contributed by atoms with Gasteiger partial charge < -0.3 is 0 Å². The van der Waals surface area contributed by atoms with Gasteiger partial charge in [0.1, 0.15) is 0 Å². The number of halogens is 3. The van der Waals surface area contributed by atoms with Gasteiger partial charge in [0.05, 0.1) is 15.8 Å². The fourth-order valence-corrected chi connectivity index (χ4v) is 5.95. The van der Waals surface area contributed by atoms with Crippen LogP contribution in [0, 0.1) is 5.41 Å². The molecular formula is C32H30F3NS. The Labute approximate surface area is 220 Å². The van der Waals surface area contributed by atoms with Crippen molar-refractivity contribution >= 4 is 32.2 Å². The molecule has 5 heteroatoms. The normalized spacial score (nSPS) is 13.0. The summed E-state index contributed by atoms with van der Waals surface area (Å²) >= 11 is 1.67. The Morgan fingerprint density at radius 1 is 0.757 bits per heavy atom. The summed E-state index contributed by atoms with van der Waals surface area (Å²) in [5, 5.41) is 3.56. The van der Waals surface area contributed by atoms with Gasteiger partial charge in [0, 0.05) is 16.6 Å². The van der Waals surface area contributed by atoms with Gasteiger partial charge in [-0.1, -0.05) is 83.1 Å². The number of nitrogens with zero attached hydrogens (tertiary/aromatic N) is 1. The Balaban J connectivity index is 1.55. The zero-order valence-corrected chi connectivity index (χ0v) is 22.5. The van der Waals surface area contributed by atoms with E-state index >= 15 is 0 Å². The van der Waals surface area contributed by atoms with Gasteiger partial charge in [0.2, 0.25) is 0 Å². The molecule has 5 rings (SSSR count). The van der Waals surface area contributed by atoms with Gasteiger partial charge in [0.15, 0.2) is 0 Å². The van der Waals surface area contributed by atoms with E-state index < -0.39 is 11.6 Å². The van der Waals surface area contributed by atoms with E-state index in [1.807, 2.05) is 36.5 Å². The number of pyridine rings is 1. The first kappa shape index (κ1) is 25.5. The second kappa shape index (κ2) is 8.98. The van der Waals surface area contributed by atoms with E-state index in [2.05, 4.69) is 63.2 Å². The summed E-state index contributed by atoms with van der Waals surface area (Å²) in [7, 11) is 0. The Morgan fingerprint density at radius 3 is 2.14 bits per heavy atom. The number of rotatable bonds is 4. The van der Waals surface area contributed by atoms with Crippen molar-refractivity contribution in [1.82, 2.24) is 4.98 Å². The average molecular weight is 518 g/mol. The Kier molecular flexibility index (Phi) is 6.18. The molecule has 0 saturated carbocycles. The van der Waals surface area contributed by atoms with Gasteiger partial charge in [-0.15, -0.1) is 11.3 Å². The minimum atomic E-state index is -4.24. The van der Waals surface area contributed by atoms with Crippen LogP contribution >= 0.6 is 11.3 Å². The molecule has 2 aromatic heterocycles. The van der Waals surface area contributed by atoms with E-state index in [0.29, 0.717) is 5.56 Å². The molecule has 0 unspecified atom stereocenters. The fourth-order valence-electron chi connectivity index (χ4n) is 4.78. The molecule has 3 aromatic carbocycles. The minimum absolute atomic E-state index is 0.0213. The van der Waals surface area contributed by atoms with Gasteiger partial charge in [-0.2, -0.15) is 13.2 Å². The van der Waals surface area contributed by atoms with Crippen molar-refractivity contribution in [3.63, 3.8) is 0 Å². The van der Waals surface area contributed by atoms with E-state index in [1.165, 1.54) is 30.2 Å². The van der Waals surface area contributed by atoms with Crippen molar-refractivity contribution in [2.75, 3.05) is 0 Å². The van der Waals surface area contributed by atoms with Gasteiger partial charge in [-0.3, -0.25) is 4.98 Å². The third-order valence-corrected chi connectivity index (χ3v) is 8.24. The zero-order valence-electron chi connectivity index (χ0n) is 21.7. The Hall–Kier alpha value is -3.18. The van der Waals surface area contributed by atoms with Gasteiger partial charge >= 0.3 is 6.18 Å². The molecule has 37 heavy (non-hydrogen) atoms. The SMILES string of the molecule is CC(C)(C)c1cc(-c2nccc3cc(-c4ccc(CC(C)(C)C(F)(F)F)cc4)sc23)cc2ccccc12. The van der Waals surface area contributed by atoms with Crippen LogP contribution in [0.5, 0.6) is 0 Å². The summed E-state index contributed by atoms with van der Waals surface area (Å²) in [6, 6.07) is 24.6. The number of fused-ring (bicyclic) bond motifs is 2. The lowest BCUT2D eigenvalue weighted by Gasteiger charge is -2.27. The van der Waals surface area contributed by atoms with Crippen molar-refractivity contribution in [1.29, 1.82) is 0 Å². The number of hydrogen-bond acceptors (Lipinski definition) is 2. The van der Waals surface area contributed by atoms with Crippen LogP contribution in [0.2, 0.25) is 0 Å². The van der Waals surface area contributed by atoms with Crippen molar-refractivity contribution in [3.05, 3.63) is 90.1 Å². The van der Waals surface area contributed by atoms with Gasteiger partial charge in [-0.25, -0.2) is 0 Å². The first-order valence-electron chi connectivity index (χ1n) is 12.4. The van der Waals surface area contributed by atoms with Crippen molar-refractivity contribution in [2.45, 2.75) is 52.6 Å². The highest BCUT2D eigenvalue weighted by Crippen LogP contribution is 2.42. The van der Waals surface area contributed by atoms with Gasteiger partial charge in [-0.05, 0) is 69.0 Å². The summed E-state index contributed by atoms with van der Waals surface area (Å²) in [6.45, 7) is 9.19. The predicted molar refractivity (Wildman–Crippen MR) is 150 cm³/mol. The summed E-state index contributed by atoms with van der Waals surface area (Å²) in [6.07, 6.45) is -2.44. The largest absolute Gasteiger partial charge is 0.394 e. The Morgan fingerprint density at radius 2 is 1.46 bits per heavy atom. The topological polar surface area (TPSA) is 12.9 Å². The van der Waals surface area contributed by atoms with Crippen LogP contribution in [0.4, 0.5) is 13.2 Å². The summed E-state index contributed by atoms with van der Waals surface area (Å²) < 4.78 is 41.1. The molecule has 1 nitrogen and oxygen atoms in total. The monoisotopic (exact) mass is 517 g/mol. The molecule has 0 aliphatic carbocycles. The first-order valence-corrected chi connectivity index (χ1v) is 13.2. The first-order chi connectivity index (χ1) is 17.3. The molecule has 0 aliphatic heterocycles. The lowest BCUT2D eigenvalue weighted by atomic mass is 9.82. The smallest absolute Gasteiger partial charge is 0.255 e. The molecule has 0 bridgehead atoms. The molecule has 5 aromatic rings. The maximum Gasteiger partial charge on any atom is 0.394 e.